The predicted molar refractivity (Wildman–Crippen MR) is 140 cm³/mol. The summed E-state index contributed by atoms with van der Waals surface area (Å²) in [7, 11) is 1.96. The molecule has 1 saturated carbocycles. The highest BCUT2D eigenvalue weighted by molar-refractivity contribution is 6.75. The molecular formula is C26H43N3O6Si. The second-order valence-electron chi connectivity index (χ2n) is 10.6. The van der Waals surface area contributed by atoms with Crippen molar-refractivity contribution in [2.24, 2.45) is 0 Å². The Labute approximate surface area is 216 Å². The summed E-state index contributed by atoms with van der Waals surface area (Å²) in [6.45, 7) is 6.76. The Morgan fingerprint density at radius 2 is 1.56 bits per heavy atom. The minimum Gasteiger partial charge on any atom is -0.444 e. The highest BCUT2D eigenvalue weighted by Crippen LogP contribution is 2.23. The van der Waals surface area contributed by atoms with Crippen molar-refractivity contribution < 1.29 is 27.6 Å². The van der Waals surface area contributed by atoms with E-state index in [0.717, 1.165) is 42.9 Å². The lowest BCUT2D eigenvalue weighted by Crippen LogP contribution is -2.56. The lowest BCUT2D eigenvalue weighted by atomic mass is 9.89. The molecule has 1 aliphatic carbocycles. The topological polar surface area (TPSA) is 98.4 Å². The zero-order valence-corrected chi connectivity index (χ0v) is 23.6. The SMILES string of the molecule is CO[Si](OC)(OC)c1ccc(CN[C@@H]2CCCC[C@H]2NC(=O)[C@@H]2CCCN2C(=O)OC(C)(C)C)cc1. The molecule has 0 radical (unpaired) electrons. The fourth-order valence-electron chi connectivity index (χ4n) is 5.08. The van der Waals surface area contributed by atoms with Gasteiger partial charge < -0.3 is 28.6 Å². The van der Waals surface area contributed by atoms with Gasteiger partial charge in [0.2, 0.25) is 5.91 Å². The zero-order valence-electron chi connectivity index (χ0n) is 22.6. The Kier molecular flexibility index (Phi) is 9.93. The maximum Gasteiger partial charge on any atom is 0.536 e. The number of carbonyl (C=O) groups excluding carboxylic acids is 2. The lowest BCUT2D eigenvalue weighted by Gasteiger charge is -2.35. The minimum absolute atomic E-state index is 0.0298. The van der Waals surface area contributed by atoms with Crippen LogP contribution in [0.3, 0.4) is 0 Å². The molecule has 1 aliphatic heterocycles. The molecule has 9 nitrogen and oxygen atoms in total. The highest BCUT2D eigenvalue weighted by Gasteiger charge is 2.41. The monoisotopic (exact) mass is 521 g/mol. The first-order valence-electron chi connectivity index (χ1n) is 12.9. The molecule has 3 rings (SSSR count). The van der Waals surface area contributed by atoms with E-state index in [2.05, 4.69) is 22.8 Å². The van der Waals surface area contributed by atoms with Crippen molar-refractivity contribution in [3.8, 4) is 0 Å². The maximum absolute atomic E-state index is 13.2. The molecule has 1 aromatic carbocycles. The quantitative estimate of drug-likeness (QED) is 0.482. The molecule has 1 aromatic rings. The molecule has 10 heteroatoms. The predicted octanol–water partition coefficient (Wildman–Crippen LogP) is 2.69. The average molecular weight is 522 g/mol. The van der Waals surface area contributed by atoms with Gasteiger partial charge in [-0.25, -0.2) is 4.79 Å². The maximum atomic E-state index is 13.2. The fourth-order valence-corrected chi connectivity index (χ4v) is 6.87. The number of ether oxygens (including phenoxy) is 1. The van der Waals surface area contributed by atoms with Crippen molar-refractivity contribution in [2.45, 2.75) is 89.6 Å². The van der Waals surface area contributed by atoms with Crippen LogP contribution >= 0.6 is 0 Å². The molecule has 36 heavy (non-hydrogen) atoms. The third kappa shape index (κ3) is 7.07. The molecule has 1 heterocycles. The number of amides is 2. The van der Waals surface area contributed by atoms with E-state index in [-0.39, 0.29) is 18.0 Å². The molecule has 2 N–H and O–H groups in total. The second-order valence-corrected chi connectivity index (χ2v) is 13.5. The number of hydrogen-bond acceptors (Lipinski definition) is 7. The van der Waals surface area contributed by atoms with Crippen LogP contribution in [0.25, 0.3) is 0 Å². The normalized spacial score (nSPS) is 22.9. The Balaban J connectivity index is 1.59. The van der Waals surface area contributed by atoms with Gasteiger partial charge in [-0.1, -0.05) is 37.1 Å². The van der Waals surface area contributed by atoms with E-state index in [1.807, 2.05) is 32.9 Å². The van der Waals surface area contributed by atoms with Crippen LogP contribution in [-0.4, -0.2) is 77.3 Å². The van der Waals surface area contributed by atoms with Crippen molar-refractivity contribution in [3.05, 3.63) is 29.8 Å². The van der Waals surface area contributed by atoms with Gasteiger partial charge >= 0.3 is 14.9 Å². The molecule has 3 atom stereocenters. The van der Waals surface area contributed by atoms with E-state index < -0.39 is 26.5 Å². The van der Waals surface area contributed by atoms with Crippen LogP contribution in [0.5, 0.6) is 0 Å². The summed E-state index contributed by atoms with van der Waals surface area (Å²) in [4.78, 5) is 27.4. The Hall–Kier alpha value is -1.98. The van der Waals surface area contributed by atoms with Crippen molar-refractivity contribution in [2.75, 3.05) is 27.9 Å². The molecule has 0 unspecified atom stereocenters. The summed E-state index contributed by atoms with van der Waals surface area (Å²) in [6, 6.07) is 7.81. The summed E-state index contributed by atoms with van der Waals surface area (Å²) in [5.41, 5.74) is 0.546. The molecule has 2 aliphatic rings. The average Bonchev–Trinajstić information content (AvgIpc) is 3.35. The summed E-state index contributed by atoms with van der Waals surface area (Å²) < 4.78 is 22.2. The lowest BCUT2D eigenvalue weighted by molar-refractivity contribution is -0.126. The van der Waals surface area contributed by atoms with Crippen LogP contribution in [0.4, 0.5) is 4.79 Å². The standard InChI is InChI=1S/C26H43N3O6Si/c1-26(2,3)35-25(31)29-17-9-12-23(29)24(30)28-22-11-8-7-10-21(22)27-18-19-13-15-20(16-14-19)36(32-4,33-5)34-6/h13-16,21-23,27H,7-12,17-18H2,1-6H3,(H,28,30)/t21-,22-,23+/m1/s1. The van der Waals surface area contributed by atoms with E-state index in [1.54, 1.807) is 26.2 Å². The molecule has 2 amide bonds. The Morgan fingerprint density at radius 3 is 2.14 bits per heavy atom. The van der Waals surface area contributed by atoms with Crippen molar-refractivity contribution >= 4 is 26.0 Å². The van der Waals surface area contributed by atoms with E-state index in [4.69, 9.17) is 18.0 Å². The molecular weight excluding hydrogens is 478 g/mol. The molecule has 0 spiro atoms. The third-order valence-electron chi connectivity index (χ3n) is 6.96. The van der Waals surface area contributed by atoms with Crippen molar-refractivity contribution in [3.63, 3.8) is 0 Å². The van der Waals surface area contributed by atoms with Gasteiger partial charge in [0.05, 0.1) is 0 Å². The first kappa shape index (κ1) is 28.6. The van der Waals surface area contributed by atoms with E-state index in [1.165, 1.54) is 0 Å². The summed E-state index contributed by atoms with van der Waals surface area (Å²) >= 11 is 0. The van der Waals surface area contributed by atoms with Crippen LogP contribution in [-0.2, 0) is 29.4 Å². The number of rotatable bonds is 9. The largest absolute Gasteiger partial charge is 0.536 e. The van der Waals surface area contributed by atoms with Crippen LogP contribution in [0.2, 0.25) is 0 Å². The summed E-state index contributed by atoms with van der Waals surface area (Å²) in [5.74, 6) is -0.0820. The van der Waals surface area contributed by atoms with E-state index in [9.17, 15) is 9.59 Å². The number of nitrogens with one attached hydrogen (secondary N) is 2. The van der Waals surface area contributed by atoms with E-state index >= 15 is 0 Å². The first-order chi connectivity index (χ1) is 17.1. The van der Waals surface area contributed by atoms with Gasteiger partial charge in [0, 0.05) is 51.7 Å². The number of nitrogens with zero attached hydrogens (tertiary/aromatic N) is 1. The first-order valence-corrected chi connectivity index (χ1v) is 14.6. The van der Waals surface area contributed by atoms with Crippen molar-refractivity contribution in [1.29, 1.82) is 0 Å². The molecule has 1 saturated heterocycles. The van der Waals surface area contributed by atoms with Crippen LogP contribution in [0, 0.1) is 0 Å². The van der Waals surface area contributed by atoms with Crippen molar-refractivity contribution in [1.82, 2.24) is 15.5 Å². The summed E-state index contributed by atoms with van der Waals surface area (Å²) in [5, 5.41) is 7.81. The number of carbonyl (C=O) groups is 2. The Morgan fingerprint density at radius 1 is 0.944 bits per heavy atom. The van der Waals surface area contributed by atoms with E-state index in [0.29, 0.717) is 19.5 Å². The minimum atomic E-state index is -2.85. The third-order valence-corrected chi connectivity index (χ3v) is 9.61. The molecule has 202 valence electrons. The van der Waals surface area contributed by atoms with Gasteiger partial charge in [0.15, 0.2) is 0 Å². The molecule has 0 bridgehead atoms. The fraction of sp³-hybridized carbons (Fsp3) is 0.692. The Bertz CT molecular complexity index is 863. The molecule has 0 aromatic heterocycles. The zero-order chi connectivity index (χ0) is 26.3. The van der Waals surface area contributed by atoms with Gasteiger partial charge in [-0.2, -0.15) is 0 Å². The molecule has 2 fully saturated rings. The number of likely N-dealkylation sites (tertiary alicyclic amines) is 1. The smallest absolute Gasteiger partial charge is 0.444 e. The number of hydrogen-bond donors (Lipinski definition) is 2. The van der Waals surface area contributed by atoms with Gasteiger partial charge in [-0.3, -0.25) is 9.69 Å². The number of benzene rings is 1. The van der Waals surface area contributed by atoms with Gasteiger partial charge in [0.1, 0.15) is 11.6 Å². The van der Waals surface area contributed by atoms with Crippen LogP contribution in [0.1, 0.15) is 64.9 Å². The van der Waals surface area contributed by atoms with Crippen LogP contribution < -0.4 is 15.8 Å². The highest BCUT2D eigenvalue weighted by atomic mass is 28.4. The van der Waals surface area contributed by atoms with Crippen LogP contribution in [0.15, 0.2) is 24.3 Å². The second kappa shape index (κ2) is 12.5. The summed E-state index contributed by atoms with van der Waals surface area (Å²) in [6.07, 6.45) is 5.18. The van der Waals surface area contributed by atoms with Gasteiger partial charge in [0.25, 0.3) is 0 Å². The van der Waals surface area contributed by atoms with Gasteiger partial charge in [-0.05, 0) is 52.0 Å². The van der Waals surface area contributed by atoms with Gasteiger partial charge in [-0.15, -0.1) is 0 Å².